The van der Waals surface area contributed by atoms with Crippen LogP contribution in [0.1, 0.15) is 5.56 Å². The van der Waals surface area contributed by atoms with E-state index in [4.69, 9.17) is 9.84 Å². The normalized spacial score (nSPS) is 15.4. The Morgan fingerprint density at radius 1 is 1.08 bits per heavy atom. The highest BCUT2D eigenvalue weighted by molar-refractivity contribution is 7.76. The molecule has 11 nitrogen and oxygen atoms in total. The molecule has 2 aromatic carbocycles. The third kappa shape index (κ3) is 5.56. The quantitative estimate of drug-likeness (QED) is 0.271. The topological polar surface area (TPSA) is 113 Å². The fraction of sp³-hybridized carbons (Fsp3) is 0.296. The number of anilines is 2. The van der Waals surface area contributed by atoms with E-state index in [-0.39, 0.29) is 0 Å². The molecule has 1 saturated heterocycles. The summed E-state index contributed by atoms with van der Waals surface area (Å²) in [5, 5.41) is 8.07. The average molecular weight is 547 g/mol. The van der Waals surface area contributed by atoms with E-state index in [1.807, 2.05) is 59.4 Å². The Balaban J connectivity index is 1.23. The third-order valence-corrected chi connectivity index (χ3v) is 7.65. The molecule has 1 aliphatic heterocycles. The van der Waals surface area contributed by atoms with Crippen LogP contribution in [0.3, 0.4) is 0 Å². The van der Waals surface area contributed by atoms with Gasteiger partial charge in [0.1, 0.15) is 0 Å². The van der Waals surface area contributed by atoms with Crippen LogP contribution in [-0.2, 0) is 29.1 Å². The molecule has 202 valence electrons. The number of nitrogens with one attached hydrogen (secondary N) is 1. The van der Waals surface area contributed by atoms with Crippen molar-refractivity contribution in [1.29, 1.82) is 0 Å². The summed E-state index contributed by atoms with van der Waals surface area (Å²) in [6, 6.07) is 17.8. The molecule has 0 spiro atoms. The largest absolute Gasteiger partial charge is 0.379 e. The number of morpholine rings is 1. The van der Waals surface area contributed by atoms with E-state index in [0.29, 0.717) is 12.5 Å². The van der Waals surface area contributed by atoms with Crippen molar-refractivity contribution >= 4 is 39.5 Å². The zero-order chi connectivity index (χ0) is 26.8. The number of rotatable bonds is 9. The van der Waals surface area contributed by atoms with Crippen LogP contribution in [0.2, 0.25) is 0 Å². The smallest absolute Gasteiger partial charge is 0.245 e. The van der Waals surface area contributed by atoms with Crippen molar-refractivity contribution in [3.63, 3.8) is 0 Å². The Labute approximate surface area is 228 Å². The summed E-state index contributed by atoms with van der Waals surface area (Å²) in [6.07, 6.45) is 3.67. The lowest BCUT2D eigenvalue weighted by molar-refractivity contribution is 0.0365. The summed E-state index contributed by atoms with van der Waals surface area (Å²) in [7, 11) is 1.61. The van der Waals surface area contributed by atoms with Gasteiger partial charge in [-0.05, 0) is 35.9 Å². The monoisotopic (exact) mass is 546 g/mol. The van der Waals surface area contributed by atoms with Crippen molar-refractivity contribution < 1.29 is 13.5 Å². The maximum Gasteiger partial charge on any atom is 0.245 e. The zero-order valence-electron chi connectivity index (χ0n) is 21.6. The molecule has 1 aliphatic rings. The van der Waals surface area contributed by atoms with E-state index >= 15 is 0 Å². The van der Waals surface area contributed by atoms with Gasteiger partial charge < -0.3 is 14.6 Å². The fourth-order valence-corrected chi connectivity index (χ4v) is 5.14. The van der Waals surface area contributed by atoms with E-state index in [1.165, 1.54) is 4.31 Å². The van der Waals surface area contributed by atoms with Gasteiger partial charge in [0.25, 0.3) is 0 Å². The molecule has 0 aliphatic carbocycles. The minimum atomic E-state index is -2.05. The van der Waals surface area contributed by atoms with E-state index in [1.54, 1.807) is 13.2 Å². The summed E-state index contributed by atoms with van der Waals surface area (Å²) >= 11 is -2.05. The second kappa shape index (κ2) is 11.2. The lowest BCUT2D eigenvalue weighted by atomic mass is 10.0. The van der Waals surface area contributed by atoms with Crippen molar-refractivity contribution in [2.45, 2.75) is 13.1 Å². The van der Waals surface area contributed by atoms with Crippen LogP contribution in [0, 0.1) is 0 Å². The predicted octanol–water partition coefficient (Wildman–Crippen LogP) is 3.39. The van der Waals surface area contributed by atoms with E-state index in [9.17, 15) is 8.76 Å². The minimum Gasteiger partial charge on any atom is -0.379 e. The lowest BCUT2D eigenvalue weighted by Crippen LogP contribution is -2.38. The van der Waals surface area contributed by atoms with Gasteiger partial charge in [0.15, 0.2) is 0 Å². The maximum absolute atomic E-state index is 11.5. The van der Waals surface area contributed by atoms with Crippen molar-refractivity contribution in [3.8, 4) is 11.3 Å². The van der Waals surface area contributed by atoms with Gasteiger partial charge in [0.2, 0.25) is 17.2 Å². The molecule has 0 amide bonds. The number of nitrogens with zero attached hydrogens (tertiary/aromatic N) is 7. The van der Waals surface area contributed by atoms with Gasteiger partial charge in [0.05, 0.1) is 48.0 Å². The van der Waals surface area contributed by atoms with Gasteiger partial charge in [-0.15, -0.1) is 5.10 Å². The standard InChI is InChI=1S/C27H30N8O3S/c1-32(39(36)37)18-20-4-2-3-5-23(20)25-9-7-22-17-28-27(31-35(22)25)30-21-6-8-26-24(16-21)29-19-34(26)11-10-33-12-14-38-15-13-33/h2-9,16-17,19H,10-15,18H2,1H3,(H,30,31)(H,36,37). The van der Waals surface area contributed by atoms with Crippen LogP contribution < -0.4 is 5.32 Å². The molecule has 1 fully saturated rings. The SMILES string of the molecule is CN(Cc1ccccc1-c1ccc2cnc(Nc3ccc4c(c3)ncn4CCN3CCOCC3)nn12)S(=O)O. The van der Waals surface area contributed by atoms with Crippen molar-refractivity contribution in [2.24, 2.45) is 0 Å². The summed E-state index contributed by atoms with van der Waals surface area (Å²) in [5.41, 5.74) is 6.42. The molecule has 0 saturated carbocycles. The Morgan fingerprint density at radius 2 is 1.92 bits per heavy atom. The first kappa shape index (κ1) is 25.6. The molecule has 1 atom stereocenters. The first-order chi connectivity index (χ1) is 19.0. The number of hydrogen-bond acceptors (Lipinski definition) is 7. The number of aromatic nitrogens is 5. The Bertz CT molecular complexity index is 1630. The molecule has 3 aromatic heterocycles. The lowest BCUT2D eigenvalue weighted by Gasteiger charge is -2.26. The van der Waals surface area contributed by atoms with Gasteiger partial charge in [-0.3, -0.25) is 9.45 Å². The van der Waals surface area contributed by atoms with Crippen LogP contribution in [-0.4, -0.2) is 82.0 Å². The number of benzene rings is 2. The zero-order valence-corrected chi connectivity index (χ0v) is 22.4. The molecular formula is C27H30N8O3S. The molecule has 4 heterocycles. The Morgan fingerprint density at radius 3 is 2.77 bits per heavy atom. The first-order valence-corrected chi connectivity index (χ1v) is 13.9. The number of imidazole rings is 1. The van der Waals surface area contributed by atoms with Gasteiger partial charge in [-0.25, -0.2) is 18.7 Å². The molecule has 6 rings (SSSR count). The van der Waals surface area contributed by atoms with Crippen LogP contribution in [0.5, 0.6) is 0 Å². The Kier molecular flexibility index (Phi) is 7.35. The van der Waals surface area contributed by atoms with Crippen LogP contribution >= 0.6 is 0 Å². The summed E-state index contributed by atoms with van der Waals surface area (Å²) in [5.74, 6) is 0.456. The van der Waals surface area contributed by atoms with Gasteiger partial charge in [-0.2, -0.15) is 4.31 Å². The molecule has 39 heavy (non-hydrogen) atoms. The second-order valence-corrected chi connectivity index (χ2v) is 10.6. The summed E-state index contributed by atoms with van der Waals surface area (Å²) < 4.78 is 31.8. The molecule has 0 bridgehead atoms. The highest BCUT2D eigenvalue weighted by Crippen LogP contribution is 2.27. The molecule has 5 aromatic rings. The van der Waals surface area contributed by atoms with Crippen molar-refractivity contribution in [2.75, 3.05) is 45.2 Å². The highest BCUT2D eigenvalue weighted by Gasteiger charge is 2.15. The Hall–Kier alpha value is -3.68. The minimum absolute atomic E-state index is 0.321. The maximum atomic E-state index is 11.5. The third-order valence-electron chi connectivity index (χ3n) is 6.99. The van der Waals surface area contributed by atoms with Crippen LogP contribution in [0.4, 0.5) is 11.6 Å². The van der Waals surface area contributed by atoms with Crippen molar-refractivity contribution in [3.05, 3.63) is 72.7 Å². The average Bonchev–Trinajstić information content (AvgIpc) is 3.56. The summed E-state index contributed by atoms with van der Waals surface area (Å²) in [6.45, 7) is 5.72. The van der Waals surface area contributed by atoms with Gasteiger partial charge in [-0.1, -0.05) is 24.3 Å². The summed E-state index contributed by atoms with van der Waals surface area (Å²) in [4.78, 5) is 11.5. The molecule has 12 heteroatoms. The molecular weight excluding hydrogens is 516 g/mol. The van der Waals surface area contributed by atoms with E-state index < -0.39 is 11.3 Å². The fourth-order valence-electron chi connectivity index (χ4n) is 4.89. The highest BCUT2D eigenvalue weighted by atomic mass is 32.2. The number of hydrogen-bond donors (Lipinski definition) is 2. The van der Waals surface area contributed by atoms with Crippen molar-refractivity contribution in [1.82, 2.24) is 33.4 Å². The van der Waals surface area contributed by atoms with Gasteiger partial charge in [0, 0.05) is 51.0 Å². The second-order valence-electron chi connectivity index (χ2n) is 9.53. The molecule has 1 unspecified atom stereocenters. The van der Waals surface area contributed by atoms with Gasteiger partial charge >= 0.3 is 0 Å². The molecule has 0 radical (unpaired) electrons. The molecule has 2 N–H and O–H groups in total. The first-order valence-electron chi connectivity index (χ1n) is 12.8. The predicted molar refractivity (Wildman–Crippen MR) is 151 cm³/mol. The van der Waals surface area contributed by atoms with E-state index in [0.717, 1.165) is 78.5 Å². The number of fused-ring (bicyclic) bond motifs is 2. The number of ether oxygens (including phenoxy) is 1. The van der Waals surface area contributed by atoms with Crippen LogP contribution in [0.15, 0.2) is 67.1 Å². The van der Waals surface area contributed by atoms with Crippen LogP contribution in [0.25, 0.3) is 27.8 Å². The van der Waals surface area contributed by atoms with E-state index in [2.05, 4.69) is 30.8 Å².